The van der Waals surface area contributed by atoms with Crippen LogP contribution in [0.15, 0.2) is 24.3 Å². The number of anilines is 1. The Morgan fingerprint density at radius 3 is 2.59 bits per heavy atom. The topological polar surface area (TPSA) is 95.1 Å². The van der Waals surface area contributed by atoms with Gasteiger partial charge in [-0.25, -0.2) is 4.79 Å². The number of hydrogen-bond donors (Lipinski definition) is 3. The highest BCUT2D eigenvalue weighted by molar-refractivity contribution is 6.30. The van der Waals surface area contributed by atoms with Crippen LogP contribution in [0.1, 0.15) is 36.7 Å². The van der Waals surface area contributed by atoms with Crippen molar-refractivity contribution in [2.24, 2.45) is 0 Å². The van der Waals surface area contributed by atoms with Crippen molar-refractivity contribution in [3.8, 4) is 11.3 Å². The predicted molar refractivity (Wildman–Crippen MR) is 84.1 cm³/mol. The molecule has 0 bridgehead atoms. The van der Waals surface area contributed by atoms with Crippen LogP contribution in [0.25, 0.3) is 11.3 Å². The van der Waals surface area contributed by atoms with Crippen molar-refractivity contribution in [2.45, 2.75) is 26.2 Å². The van der Waals surface area contributed by atoms with Gasteiger partial charge in [0.15, 0.2) is 5.69 Å². The fraction of sp³-hybridized carbons (Fsp3) is 0.267. The lowest BCUT2D eigenvalue weighted by Gasteiger charge is -2.07. The van der Waals surface area contributed by atoms with Gasteiger partial charge in [0, 0.05) is 17.0 Å². The smallest absolute Gasteiger partial charge is 0.356 e. The maximum Gasteiger partial charge on any atom is 0.356 e. The Hall–Kier alpha value is -2.34. The molecule has 1 aromatic carbocycles. The number of carboxylic acids is 1. The van der Waals surface area contributed by atoms with Crippen LogP contribution in [0.3, 0.4) is 0 Å². The van der Waals surface area contributed by atoms with Gasteiger partial charge in [-0.05, 0) is 18.6 Å². The number of rotatable bonds is 6. The van der Waals surface area contributed by atoms with Crippen LogP contribution in [-0.4, -0.2) is 27.2 Å². The summed E-state index contributed by atoms with van der Waals surface area (Å²) >= 11 is 5.84. The molecule has 0 radical (unpaired) electrons. The molecular weight excluding hydrogens is 306 g/mol. The van der Waals surface area contributed by atoms with Crippen LogP contribution >= 0.6 is 11.6 Å². The molecule has 7 heteroatoms. The first-order valence-corrected chi connectivity index (χ1v) is 7.28. The molecule has 0 spiro atoms. The Balaban J connectivity index is 2.36. The third-order valence-electron chi connectivity index (χ3n) is 3.12. The van der Waals surface area contributed by atoms with Crippen LogP contribution in [0.5, 0.6) is 0 Å². The molecule has 2 aromatic rings. The number of nitrogens with one attached hydrogen (secondary N) is 2. The zero-order valence-corrected chi connectivity index (χ0v) is 12.8. The van der Waals surface area contributed by atoms with Gasteiger partial charge in [-0.2, -0.15) is 5.10 Å². The van der Waals surface area contributed by atoms with Crippen molar-refractivity contribution in [3.05, 3.63) is 35.0 Å². The van der Waals surface area contributed by atoms with E-state index in [1.165, 1.54) is 0 Å². The quantitative estimate of drug-likeness (QED) is 0.758. The fourth-order valence-electron chi connectivity index (χ4n) is 1.97. The predicted octanol–water partition coefficient (Wildman–Crippen LogP) is 3.56. The van der Waals surface area contributed by atoms with E-state index in [0.717, 1.165) is 12.8 Å². The number of benzene rings is 1. The van der Waals surface area contributed by atoms with Gasteiger partial charge >= 0.3 is 5.97 Å². The highest BCUT2D eigenvalue weighted by Crippen LogP contribution is 2.30. The average Bonchev–Trinajstić information content (AvgIpc) is 2.89. The maximum absolute atomic E-state index is 11.9. The number of aromatic nitrogens is 2. The van der Waals surface area contributed by atoms with Gasteiger partial charge in [0.2, 0.25) is 5.91 Å². The summed E-state index contributed by atoms with van der Waals surface area (Å²) in [5.74, 6) is -1.42. The number of carboxylic acid groups (broad SMARTS) is 1. The molecule has 3 N–H and O–H groups in total. The number of aromatic amines is 1. The molecule has 116 valence electrons. The summed E-state index contributed by atoms with van der Waals surface area (Å²) in [6, 6.07) is 6.78. The third-order valence-corrected chi connectivity index (χ3v) is 3.37. The summed E-state index contributed by atoms with van der Waals surface area (Å²) in [5, 5.41) is 18.9. The zero-order chi connectivity index (χ0) is 16.1. The summed E-state index contributed by atoms with van der Waals surface area (Å²) in [7, 11) is 0. The number of hydrogen-bond acceptors (Lipinski definition) is 3. The Morgan fingerprint density at radius 1 is 1.32 bits per heavy atom. The summed E-state index contributed by atoms with van der Waals surface area (Å²) < 4.78 is 0. The molecule has 2 rings (SSSR count). The van der Waals surface area contributed by atoms with Crippen molar-refractivity contribution in [1.29, 1.82) is 0 Å². The second kappa shape index (κ2) is 7.09. The largest absolute Gasteiger partial charge is 0.476 e. The molecule has 0 fully saturated rings. The number of halogens is 1. The van der Waals surface area contributed by atoms with E-state index in [2.05, 4.69) is 15.5 Å². The highest BCUT2D eigenvalue weighted by Gasteiger charge is 2.21. The third kappa shape index (κ3) is 3.65. The second-order valence-electron chi connectivity index (χ2n) is 4.79. The lowest BCUT2D eigenvalue weighted by molar-refractivity contribution is -0.116. The number of aromatic carboxylic acids is 1. The van der Waals surface area contributed by atoms with Gasteiger partial charge in [-0.3, -0.25) is 9.89 Å². The van der Waals surface area contributed by atoms with Gasteiger partial charge in [0.25, 0.3) is 0 Å². The number of carbonyl (C=O) groups is 2. The first kappa shape index (κ1) is 16.0. The van der Waals surface area contributed by atoms with E-state index in [0.29, 0.717) is 22.7 Å². The van der Waals surface area contributed by atoms with Gasteiger partial charge in [-0.1, -0.05) is 37.1 Å². The van der Waals surface area contributed by atoms with Gasteiger partial charge in [0.05, 0.1) is 0 Å². The number of carbonyl (C=O) groups excluding carboxylic acids is 1. The van der Waals surface area contributed by atoms with Crippen LogP contribution in [0, 0.1) is 0 Å². The molecule has 0 saturated heterocycles. The Kier molecular flexibility index (Phi) is 5.16. The van der Waals surface area contributed by atoms with E-state index in [9.17, 15) is 14.7 Å². The summed E-state index contributed by atoms with van der Waals surface area (Å²) in [6.45, 7) is 1.98. The standard InChI is InChI=1S/C15H16ClN3O3/c1-2-3-4-11(20)17-13-12(18-19-14(13)15(21)22)9-5-7-10(16)8-6-9/h5-8H,2-4H2,1H3,(H,17,20)(H,18,19)(H,21,22). The lowest BCUT2D eigenvalue weighted by Crippen LogP contribution is -2.14. The van der Waals surface area contributed by atoms with Crippen molar-refractivity contribution in [2.75, 3.05) is 5.32 Å². The summed E-state index contributed by atoms with van der Waals surface area (Å²) in [5.41, 5.74) is 1.07. The van der Waals surface area contributed by atoms with Crippen molar-refractivity contribution < 1.29 is 14.7 Å². The molecule has 0 aliphatic heterocycles. The lowest BCUT2D eigenvalue weighted by atomic mass is 10.1. The molecule has 0 aliphatic carbocycles. The number of amides is 1. The average molecular weight is 322 g/mol. The normalized spacial score (nSPS) is 10.5. The Bertz CT molecular complexity index is 680. The molecular formula is C15H16ClN3O3. The minimum absolute atomic E-state index is 0.144. The number of nitrogens with zero attached hydrogens (tertiary/aromatic N) is 1. The zero-order valence-electron chi connectivity index (χ0n) is 12.0. The van der Waals surface area contributed by atoms with E-state index in [4.69, 9.17) is 11.6 Å². The number of H-pyrrole nitrogens is 1. The minimum atomic E-state index is -1.18. The van der Waals surface area contributed by atoms with E-state index in [-0.39, 0.29) is 17.3 Å². The molecule has 0 unspecified atom stereocenters. The number of unbranched alkanes of at least 4 members (excludes halogenated alkanes) is 1. The first-order chi connectivity index (χ1) is 10.5. The second-order valence-corrected chi connectivity index (χ2v) is 5.22. The van der Waals surface area contributed by atoms with Gasteiger partial charge < -0.3 is 10.4 Å². The Labute approximate surface area is 132 Å². The van der Waals surface area contributed by atoms with Gasteiger partial charge in [0.1, 0.15) is 11.4 Å². The monoisotopic (exact) mass is 321 g/mol. The van der Waals surface area contributed by atoms with E-state index >= 15 is 0 Å². The van der Waals surface area contributed by atoms with Crippen LogP contribution < -0.4 is 5.32 Å². The molecule has 6 nitrogen and oxygen atoms in total. The van der Waals surface area contributed by atoms with Crippen molar-refractivity contribution >= 4 is 29.2 Å². The molecule has 0 saturated carbocycles. The van der Waals surface area contributed by atoms with Crippen molar-refractivity contribution in [3.63, 3.8) is 0 Å². The molecule has 22 heavy (non-hydrogen) atoms. The molecule has 0 aliphatic rings. The molecule has 1 amide bonds. The van der Waals surface area contributed by atoms with Crippen molar-refractivity contribution in [1.82, 2.24) is 10.2 Å². The van der Waals surface area contributed by atoms with Gasteiger partial charge in [-0.15, -0.1) is 0 Å². The van der Waals surface area contributed by atoms with Crippen LogP contribution in [0.2, 0.25) is 5.02 Å². The molecule has 1 heterocycles. The Morgan fingerprint density at radius 2 is 2.00 bits per heavy atom. The first-order valence-electron chi connectivity index (χ1n) is 6.90. The summed E-state index contributed by atoms with van der Waals surface area (Å²) in [4.78, 5) is 23.2. The van der Waals surface area contributed by atoms with E-state index < -0.39 is 5.97 Å². The molecule has 1 aromatic heterocycles. The SMILES string of the molecule is CCCCC(=O)Nc1c(-c2ccc(Cl)cc2)n[nH]c1C(=O)O. The highest BCUT2D eigenvalue weighted by atomic mass is 35.5. The molecule has 0 atom stereocenters. The minimum Gasteiger partial charge on any atom is -0.476 e. The summed E-state index contributed by atoms with van der Waals surface area (Å²) in [6.07, 6.45) is 1.96. The van der Waals surface area contributed by atoms with Crippen LogP contribution in [-0.2, 0) is 4.79 Å². The van der Waals surface area contributed by atoms with E-state index in [1.54, 1.807) is 24.3 Å². The van der Waals surface area contributed by atoms with E-state index in [1.807, 2.05) is 6.92 Å². The van der Waals surface area contributed by atoms with Crippen LogP contribution in [0.4, 0.5) is 5.69 Å². The maximum atomic E-state index is 11.9. The fourth-order valence-corrected chi connectivity index (χ4v) is 2.10.